The van der Waals surface area contributed by atoms with Gasteiger partial charge < -0.3 is 0 Å². The Morgan fingerprint density at radius 2 is 1.35 bits per heavy atom. The topological polar surface area (TPSA) is 17.1 Å². The summed E-state index contributed by atoms with van der Waals surface area (Å²) in [4.78, 5) is 12.1. The predicted molar refractivity (Wildman–Crippen MR) is 79.4 cm³/mol. The van der Waals surface area contributed by atoms with E-state index in [0.717, 1.165) is 5.39 Å². The lowest BCUT2D eigenvalue weighted by Crippen LogP contribution is -2.22. The van der Waals surface area contributed by atoms with Crippen LogP contribution in [0.25, 0.3) is 10.8 Å². The normalized spacial score (nSPS) is 12.8. The number of Topliss-reactive ketones (excluding diaryl/α,β-unsaturated/α-hetero) is 1. The minimum atomic E-state index is -4.95. The molecular formula is C14H8F6OS2. The maximum atomic E-state index is 12.4. The Hall–Kier alpha value is -1.35. The van der Waals surface area contributed by atoms with Gasteiger partial charge in [0.15, 0.2) is 5.78 Å². The summed E-state index contributed by atoms with van der Waals surface area (Å²) in [5.74, 6) is -1.22. The standard InChI is InChI=1S/C14H8F6OS2/c15-13(16,17)22-12(23-14(18,19)20)11(21)10-6-5-8-3-1-2-4-9(8)7-10/h1-7,12H. The molecule has 9 heteroatoms. The van der Waals surface area contributed by atoms with Gasteiger partial charge in [0.2, 0.25) is 0 Å². The molecule has 0 saturated heterocycles. The third kappa shape index (κ3) is 5.35. The Balaban J connectivity index is 2.33. The van der Waals surface area contributed by atoms with Crippen molar-refractivity contribution in [1.29, 1.82) is 0 Å². The summed E-state index contributed by atoms with van der Waals surface area (Å²) >= 11 is -1.94. The average molecular weight is 370 g/mol. The molecule has 124 valence electrons. The van der Waals surface area contributed by atoms with Gasteiger partial charge in [-0.2, -0.15) is 26.3 Å². The van der Waals surface area contributed by atoms with E-state index in [9.17, 15) is 31.1 Å². The first-order chi connectivity index (χ1) is 10.6. The van der Waals surface area contributed by atoms with E-state index in [-0.39, 0.29) is 5.56 Å². The van der Waals surface area contributed by atoms with E-state index in [0.29, 0.717) is 5.39 Å². The van der Waals surface area contributed by atoms with Crippen molar-refractivity contribution >= 4 is 40.1 Å². The highest BCUT2D eigenvalue weighted by Crippen LogP contribution is 2.46. The van der Waals surface area contributed by atoms with Crippen LogP contribution >= 0.6 is 23.5 Å². The van der Waals surface area contributed by atoms with Crippen LogP contribution in [-0.4, -0.2) is 21.4 Å². The van der Waals surface area contributed by atoms with Crippen molar-refractivity contribution in [2.75, 3.05) is 0 Å². The quantitative estimate of drug-likeness (QED) is 0.382. The monoisotopic (exact) mass is 370 g/mol. The summed E-state index contributed by atoms with van der Waals surface area (Å²) in [6.07, 6.45) is 0. The van der Waals surface area contributed by atoms with E-state index in [4.69, 9.17) is 0 Å². The summed E-state index contributed by atoms with van der Waals surface area (Å²) in [6, 6.07) is 10.7. The molecule has 0 bridgehead atoms. The van der Waals surface area contributed by atoms with Gasteiger partial charge in [0.1, 0.15) is 4.58 Å². The molecule has 0 spiro atoms. The van der Waals surface area contributed by atoms with Crippen LogP contribution in [0.2, 0.25) is 0 Å². The number of carbonyl (C=O) groups excluding carboxylic acids is 1. The van der Waals surface area contributed by atoms with E-state index in [1.54, 1.807) is 24.3 Å². The van der Waals surface area contributed by atoms with E-state index < -0.39 is 44.9 Å². The molecule has 0 radical (unpaired) electrons. The number of fused-ring (bicyclic) bond motifs is 1. The van der Waals surface area contributed by atoms with E-state index in [1.807, 2.05) is 0 Å². The lowest BCUT2D eigenvalue weighted by Gasteiger charge is -2.18. The van der Waals surface area contributed by atoms with Crippen LogP contribution in [0.3, 0.4) is 0 Å². The largest absolute Gasteiger partial charge is 0.443 e. The molecule has 1 nitrogen and oxygen atoms in total. The maximum Gasteiger partial charge on any atom is 0.443 e. The lowest BCUT2D eigenvalue weighted by atomic mass is 10.1. The number of carbonyl (C=O) groups is 1. The summed E-state index contributed by atoms with van der Waals surface area (Å²) < 4.78 is 72.3. The van der Waals surface area contributed by atoms with Gasteiger partial charge in [0.05, 0.1) is 0 Å². The van der Waals surface area contributed by atoms with Gasteiger partial charge in [-0.3, -0.25) is 4.79 Å². The third-order valence-electron chi connectivity index (χ3n) is 2.73. The van der Waals surface area contributed by atoms with Crippen molar-refractivity contribution in [3.8, 4) is 0 Å². The number of halogens is 6. The number of hydrogen-bond donors (Lipinski definition) is 0. The number of benzene rings is 2. The molecule has 0 aliphatic heterocycles. The Morgan fingerprint density at radius 1 is 0.826 bits per heavy atom. The molecule has 2 aromatic rings. The van der Waals surface area contributed by atoms with E-state index in [2.05, 4.69) is 0 Å². The molecule has 0 aliphatic rings. The fourth-order valence-corrected chi connectivity index (χ4v) is 3.67. The van der Waals surface area contributed by atoms with Crippen LogP contribution in [0.1, 0.15) is 10.4 Å². The lowest BCUT2D eigenvalue weighted by molar-refractivity contribution is -0.0344. The molecule has 2 rings (SSSR count). The van der Waals surface area contributed by atoms with Crippen molar-refractivity contribution in [2.45, 2.75) is 15.6 Å². The molecule has 0 heterocycles. The van der Waals surface area contributed by atoms with Gasteiger partial charge in [-0.15, -0.1) is 0 Å². The summed E-state index contributed by atoms with van der Waals surface area (Å²) in [6.45, 7) is 0. The first-order valence-electron chi connectivity index (χ1n) is 6.07. The Kier molecular flexibility index (Phi) is 5.20. The number of thioether (sulfide) groups is 2. The molecule has 2 aromatic carbocycles. The SMILES string of the molecule is O=C(c1ccc2ccccc2c1)C(SC(F)(F)F)SC(F)(F)F. The van der Waals surface area contributed by atoms with Gasteiger partial charge >= 0.3 is 11.0 Å². The van der Waals surface area contributed by atoms with Gasteiger partial charge in [-0.05, 0) is 40.4 Å². The summed E-state index contributed by atoms with van der Waals surface area (Å²) in [5, 5.41) is 1.29. The van der Waals surface area contributed by atoms with Crippen molar-refractivity contribution in [1.82, 2.24) is 0 Å². The first-order valence-corrected chi connectivity index (χ1v) is 7.83. The van der Waals surface area contributed by atoms with Gasteiger partial charge in [0.25, 0.3) is 0 Å². The van der Waals surface area contributed by atoms with Crippen LogP contribution in [0.15, 0.2) is 42.5 Å². The van der Waals surface area contributed by atoms with Crippen LogP contribution in [-0.2, 0) is 0 Å². The number of hydrogen-bond acceptors (Lipinski definition) is 3. The molecule has 23 heavy (non-hydrogen) atoms. The molecular weight excluding hydrogens is 362 g/mol. The fraction of sp³-hybridized carbons (Fsp3) is 0.214. The summed E-state index contributed by atoms with van der Waals surface area (Å²) in [7, 11) is 0. The molecule has 0 atom stereocenters. The highest BCUT2D eigenvalue weighted by molar-refractivity contribution is 8.18. The zero-order chi connectivity index (χ0) is 17.3. The number of ketones is 1. The maximum absolute atomic E-state index is 12.4. The molecule has 0 amide bonds. The molecule has 0 saturated carbocycles. The second-order valence-electron chi connectivity index (χ2n) is 4.39. The van der Waals surface area contributed by atoms with Crippen LogP contribution in [0.4, 0.5) is 26.3 Å². The van der Waals surface area contributed by atoms with Crippen molar-refractivity contribution in [3.05, 3.63) is 48.0 Å². The Bertz CT molecular complexity index is 694. The second-order valence-corrected chi connectivity index (χ2v) is 7.02. The zero-order valence-electron chi connectivity index (χ0n) is 11.1. The van der Waals surface area contributed by atoms with Crippen LogP contribution in [0.5, 0.6) is 0 Å². The highest BCUT2D eigenvalue weighted by atomic mass is 32.2. The minimum absolute atomic E-state index is 0.192. The number of alkyl halides is 6. The smallest absolute Gasteiger partial charge is 0.292 e. The third-order valence-corrected chi connectivity index (χ3v) is 4.70. The van der Waals surface area contributed by atoms with E-state index >= 15 is 0 Å². The van der Waals surface area contributed by atoms with Crippen LogP contribution in [0, 0.1) is 0 Å². The Labute approximate surface area is 135 Å². The van der Waals surface area contributed by atoms with Crippen LogP contribution < -0.4 is 0 Å². The fourth-order valence-electron chi connectivity index (χ4n) is 1.85. The Morgan fingerprint density at radius 3 is 1.87 bits per heavy atom. The number of rotatable bonds is 4. The first kappa shape index (κ1) is 18.0. The molecule has 0 aliphatic carbocycles. The molecule has 0 fully saturated rings. The summed E-state index contributed by atoms with van der Waals surface area (Å²) in [5.41, 5.74) is -10.1. The predicted octanol–water partition coefficient (Wildman–Crippen LogP) is 5.85. The molecule has 0 unspecified atom stereocenters. The van der Waals surface area contributed by atoms with E-state index in [1.165, 1.54) is 18.2 Å². The average Bonchev–Trinajstić information content (AvgIpc) is 2.42. The van der Waals surface area contributed by atoms with Gasteiger partial charge in [-0.25, -0.2) is 0 Å². The zero-order valence-corrected chi connectivity index (χ0v) is 12.7. The van der Waals surface area contributed by atoms with Gasteiger partial charge in [0, 0.05) is 5.56 Å². The van der Waals surface area contributed by atoms with Crippen molar-refractivity contribution in [3.63, 3.8) is 0 Å². The van der Waals surface area contributed by atoms with Gasteiger partial charge in [-0.1, -0.05) is 36.4 Å². The molecule has 0 aromatic heterocycles. The minimum Gasteiger partial charge on any atom is -0.292 e. The second kappa shape index (κ2) is 6.64. The molecule has 0 N–H and O–H groups in total. The highest BCUT2D eigenvalue weighted by Gasteiger charge is 2.43. The van der Waals surface area contributed by atoms with Crippen molar-refractivity contribution < 1.29 is 31.1 Å². The van der Waals surface area contributed by atoms with Crippen molar-refractivity contribution in [2.24, 2.45) is 0 Å².